The molecular formula is C25H32N6O3. The highest BCUT2D eigenvalue weighted by atomic mass is 16.5. The Labute approximate surface area is 199 Å². The Bertz CT molecular complexity index is 1100. The van der Waals surface area contributed by atoms with Crippen LogP contribution in [0.1, 0.15) is 38.4 Å². The molecule has 5 rings (SSSR count). The lowest BCUT2D eigenvalue weighted by Gasteiger charge is -2.30. The first-order valence-electron chi connectivity index (χ1n) is 12.0. The summed E-state index contributed by atoms with van der Waals surface area (Å²) in [6, 6.07) is 5.57. The molecular weight excluding hydrogens is 432 g/mol. The first-order chi connectivity index (χ1) is 16.5. The second-order valence-electron chi connectivity index (χ2n) is 9.38. The van der Waals surface area contributed by atoms with Crippen LogP contribution in [0.15, 0.2) is 46.5 Å². The first kappa shape index (κ1) is 22.5. The van der Waals surface area contributed by atoms with Gasteiger partial charge in [0.25, 0.3) is 5.89 Å². The van der Waals surface area contributed by atoms with E-state index in [4.69, 9.17) is 20.0 Å². The van der Waals surface area contributed by atoms with Crippen molar-refractivity contribution >= 4 is 11.7 Å². The molecule has 4 N–H and O–H groups in total. The van der Waals surface area contributed by atoms with Crippen LogP contribution in [0.2, 0.25) is 0 Å². The van der Waals surface area contributed by atoms with E-state index in [1.54, 1.807) is 6.07 Å². The fraction of sp³-hybridized carbons (Fsp3) is 0.480. The van der Waals surface area contributed by atoms with Crippen LogP contribution in [0.5, 0.6) is 5.75 Å². The number of nitrogens with two attached hydrogens (primary N) is 1. The summed E-state index contributed by atoms with van der Waals surface area (Å²) in [7, 11) is 0. The molecule has 9 heteroatoms. The molecule has 9 nitrogen and oxygen atoms in total. The van der Waals surface area contributed by atoms with Crippen molar-refractivity contribution in [2.45, 2.75) is 44.8 Å². The zero-order valence-electron chi connectivity index (χ0n) is 19.7. The number of allylic oxidation sites excluding steroid dienone is 3. The normalized spacial score (nSPS) is 24.1. The Morgan fingerprint density at radius 3 is 2.88 bits per heavy atom. The third-order valence-electron chi connectivity index (χ3n) is 6.70. The molecule has 3 atom stereocenters. The predicted octanol–water partition coefficient (Wildman–Crippen LogP) is 3.08. The Kier molecular flexibility index (Phi) is 6.28. The number of amides is 2. The third kappa shape index (κ3) is 4.52. The highest BCUT2D eigenvalue weighted by Gasteiger charge is 2.39. The monoisotopic (exact) mass is 464 g/mol. The standard InChI is InChI=1S/C25H32N6O3/c1-15(2)33-22-9-6-16(14-20(22)26)24-29-23(30-34-24)19-5-3-4-18-17(19)7-8-21(18)28-25(32)31-12-10-27-11-13-31/h3-6,9,14-15,17,19,21,27H,7-8,10-13,26H2,1-2H3,(H,28,32)/t17?,19?,21-/m0/s1. The number of hydrogen-bond acceptors (Lipinski definition) is 7. The molecule has 1 saturated heterocycles. The van der Waals surface area contributed by atoms with E-state index in [-0.39, 0.29) is 30.0 Å². The quantitative estimate of drug-likeness (QED) is 0.582. The molecule has 1 saturated carbocycles. The number of rotatable bonds is 5. The molecule has 2 fully saturated rings. The summed E-state index contributed by atoms with van der Waals surface area (Å²) in [6.07, 6.45) is 8.21. The van der Waals surface area contributed by atoms with E-state index in [0.717, 1.165) is 44.6 Å². The lowest BCUT2D eigenvalue weighted by Crippen LogP contribution is -2.52. The lowest BCUT2D eigenvalue weighted by atomic mass is 9.83. The van der Waals surface area contributed by atoms with Gasteiger partial charge >= 0.3 is 6.03 Å². The van der Waals surface area contributed by atoms with Crippen molar-refractivity contribution in [3.05, 3.63) is 47.8 Å². The van der Waals surface area contributed by atoms with Gasteiger partial charge < -0.3 is 30.5 Å². The summed E-state index contributed by atoms with van der Waals surface area (Å²) in [5, 5.41) is 10.8. The first-order valence-corrected chi connectivity index (χ1v) is 12.0. The van der Waals surface area contributed by atoms with Crippen LogP contribution in [0.25, 0.3) is 11.5 Å². The van der Waals surface area contributed by atoms with E-state index in [2.05, 4.69) is 27.9 Å². The molecule has 0 spiro atoms. The Hall–Kier alpha value is -3.33. The number of carbonyl (C=O) groups is 1. The maximum Gasteiger partial charge on any atom is 0.317 e. The van der Waals surface area contributed by atoms with Crippen molar-refractivity contribution in [3.8, 4) is 17.2 Å². The zero-order chi connectivity index (χ0) is 23.7. The molecule has 0 radical (unpaired) electrons. The lowest BCUT2D eigenvalue weighted by molar-refractivity contribution is 0.187. The fourth-order valence-electron chi connectivity index (χ4n) is 5.05. The Morgan fingerprint density at radius 1 is 1.29 bits per heavy atom. The van der Waals surface area contributed by atoms with Crippen LogP contribution in [0.3, 0.4) is 0 Å². The number of urea groups is 1. The number of nitrogen functional groups attached to an aromatic ring is 1. The molecule has 1 aromatic heterocycles. The van der Waals surface area contributed by atoms with Crippen LogP contribution in [0, 0.1) is 5.92 Å². The van der Waals surface area contributed by atoms with Crippen molar-refractivity contribution in [2.75, 3.05) is 31.9 Å². The van der Waals surface area contributed by atoms with Gasteiger partial charge in [-0.15, -0.1) is 0 Å². The average Bonchev–Trinajstić information content (AvgIpc) is 3.48. The minimum Gasteiger partial charge on any atom is -0.489 e. The number of nitrogens with one attached hydrogen (secondary N) is 2. The fourth-order valence-corrected chi connectivity index (χ4v) is 5.05. The number of anilines is 1. The van der Waals surface area contributed by atoms with E-state index >= 15 is 0 Å². The minimum atomic E-state index is 0.0134. The van der Waals surface area contributed by atoms with Gasteiger partial charge in [-0.1, -0.05) is 23.4 Å². The highest BCUT2D eigenvalue weighted by molar-refractivity contribution is 5.75. The van der Waals surface area contributed by atoms with Crippen molar-refractivity contribution in [2.24, 2.45) is 5.92 Å². The van der Waals surface area contributed by atoms with Crippen molar-refractivity contribution in [3.63, 3.8) is 0 Å². The predicted molar refractivity (Wildman–Crippen MR) is 129 cm³/mol. The summed E-state index contributed by atoms with van der Waals surface area (Å²) in [6.45, 7) is 7.08. The molecule has 2 aromatic rings. The second-order valence-corrected chi connectivity index (χ2v) is 9.38. The van der Waals surface area contributed by atoms with E-state index in [1.165, 1.54) is 5.57 Å². The van der Waals surface area contributed by atoms with E-state index in [1.807, 2.05) is 37.0 Å². The van der Waals surface area contributed by atoms with Gasteiger partial charge in [0.2, 0.25) is 0 Å². The van der Waals surface area contributed by atoms with E-state index in [9.17, 15) is 4.79 Å². The van der Waals surface area contributed by atoms with Gasteiger partial charge in [-0.25, -0.2) is 4.79 Å². The number of ether oxygens (including phenoxy) is 1. The highest BCUT2D eigenvalue weighted by Crippen LogP contribution is 2.44. The molecule has 180 valence electrons. The largest absolute Gasteiger partial charge is 0.489 e. The molecule has 1 aromatic carbocycles. The number of piperazine rings is 1. The Balaban J connectivity index is 1.28. The van der Waals surface area contributed by atoms with Gasteiger partial charge in [0, 0.05) is 37.7 Å². The summed E-state index contributed by atoms with van der Waals surface area (Å²) in [4.78, 5) is 19.3. The maximum atomic E-state index is 12.7. The summed E-state index contributed by atoms with van der Waals surface area (Å²) in [5.74, 6) is 1.99. The van der Waals surface area contributed by atoms with Crippen molar-refractivity contribution in [1.82, 2.24) is 25.7 Å². The third-order valence-corrected chi connectivity index (χ3v) is 6.70. The molecule has 2 unspecified atom stereocenters. The van der Waals surface area contributed by atoms with E-state index in [0.29, 0.717) is 23.2 Å². The van der Waals surface area contributed by atoms with Crippen molar-refractivity contribution in [1.29, 1.82) is 0 Å². The molecule has 2 amide bonds. The zero-order valence-corrected chi connectivity index (χ0v) is 19.7. The number of carbonyl (C=O) groups excluding carboxylic acids is 1. The number of benzene rings is 1. The number of aromatic nitrogens is 2. The number of nitrogens with zero attached hydrogens (tertiary/aromatic N) is 3. The van der Waals surface area contributed by atoms with Gasteiger partial charge in [0.1, 0.15) is 5.75 Å². The van der Waals surface area contributed by atoms with Gasteiger partial charge in [-0.2, -0.15) is 4.98 Å². The summed E-state index contributed by atoms with van der Waals surface area (Å²) >= 11 is 0. The van der Waals surface area contributed by atoms with Gasteiger partial charge in [-0.3, -0.25) is 0 Å². The van der Waals surface area contributed by atoms with Crippen LogP contribution >= 0.6 is 0 Å². The second kappa shape index (κ2) is 9.50. The molecule has 34 heavy (non-hydrogen) atoms. The van der Waals surface area contributed by atoms with Crippen LogP contribution in [0.4, 0.5) is 10.5 Å². The molecule has 2 aliphatic carbocycles. The van der Waals surface area contributed by atoms with Gasteiger partial charge in [0.15, 0.2) is 5.82 Å². The molecule has 0 bridgehead atoms. The van der Waals surface area contributed by atoms with Crippen LogP contribution in [-0.4, -0.2) is 59.4 Å². The summed E-state index contributed by atoms with van der Waals surface area (Å²) < 4.78 is 11.3. The smallest absolute Gasteiger partial charge is 0.317 e. The summed E-state index contributed by atoms with van der Waals surface area (Å²) in [5.41, 5.74) is 8.69. The molecule has 3 aliphatic rings. The number of fused-ring (bicyclic) bond motifs is 1. The molecule has 1 aliphatic heterocycles. The topological polar surface area (TPSA) is 119 Å². The van der Waals surface area contributed by atoms with E-state index < -0.39 is 0 Å². The minimum absolute atomic E-state index is 0.0134. The van der Waals surface area contributed by atoms with Crippen LogP contribution < -0.4 is 21.1 Å². The van der Waals surface area contributed by atoms with Gasteiger partial charge in [0.05, 0.1) is 17.8 Å². The van der Waals surface area contributed by atoms with Crippen LogP contribution in [-0.2, 0) is 0 Å². The van der Waals surface area contributed by atoms with Gasteiger partial charge in [-0.05, 0) is 56.4 Å². The van der Waals surface area contributed by atoms with Crippen molar-refractivity contribution < 1.29 is 14.1 Å². The Morgan fingerprint density at radius 2 is 2.12 bits per heavy atom. The average molecular weight is 465 g/mol. The molecule has 2 heterocycles. The maximum absolute atomic E-state index is 12.7. The number of hydrogen-bond donors (Lipinski definition) is 3. The SMILES string of the molecule is CC(C)Oc1ccc(-c2nc(C3C=CC=C4C3CC[C@@H]4NC(=O)N3CCNCC3)no2)cc1N.